The number of aryl methyl sites for hydroxylation is 2. The quantitative estimate of drug-likeness (QED) is 0.884. The number of amides is 1. The van der Waals surface area contributed by atoms with Crippen molar-refractivity contribution < 1.29 is 9.53 Å². The lowest BCUT2D eigenvalue weighted by Gasteiger charge is -2.12. The molecular formula is C15H21N5O2. The average Bonchev–Trinajstić information content (AvgIpc) is 3.15. The maximum Gasteiger partial charge on any atom is 0.252 e. The molecule has 1 aliphatic heterocycles. The summed E-state index contributed by atoms with van der Waals surface area (Å²) >= 11 is 0. The highest BCUT2D eigenvalue weighted by Gasteiger charge is 2.17. The van der Waals surface area contributed by atoms with Crippen LogP contribution in [0.5, 0.6) is 0 Å². The van der Waals surface area contributed by atoms with Gasteiger partial charge in [-0.1, -0.05) is 0 Å². The van der Waals surface area contributed by atoms with Crippen LogP contribution in [0.2, 0.25) is 0 Å². The van der Waals surface area contributed by atoms with Gasteiger partial charge < -0.3 is 10.1 Å². The van der Waals surface area contributed by atoms with Crippen LogP contribution in [-0.2, 0) is 16.0 Å². The minimum Gasteiger partial charge on any atom is -0.381 e. The highest BCUT2D eigenvalue weighted by atomic mass is 16.5. The molecule has 0 saturated carbocycles. The third-order valence-corrected chi connectivity index (χ3v) is 4.20. The molecule has 0 aromatic carbocycles. The molecule has 2 aromatic rings. The van der Waals surface area contributed by atoms with Crippen molar-refractivity contribution in [3.05, 3.63) is 23.3 Å². The van der Waals surface area contributed by atoms with Gasteiger partial charge in [-0.05, 0) is 32.3 Å². The predicted octanol–water partition coefficient (Wildman–Crippen LogP) is 0.826. The molecule has 1 saturated heterocycles. The molecule has 1 N–H and O–H groups in total. The molecule has 3 rings (SSSR count). The van der Waals surface area contributed by atoms with Gasteiger partial charge in [0, 0.05) is 36.9 Å². The second kappa shape index (κ2) is 6.39. The summed E-state index contributed by atoms with van der Waals surface area (Å²) in [5.74, 6) is 1.13. The maximum absolute atomic E-state index is 12.0. The van der Waals surface area contributed by atoms with Gasteiger partial charge in [0.05, 0.1) is 6.61 Å². The molecule has 7 nitrogen and oxygen atoms in total. The van der Waals surface area contributed by atoms with Crippen molar-refractivity contribution in [2.24, 2.45) is 5.92 Å². The first-order valence-electron chi connectivity index (χ1n) is 7.65. The number of hydrogen-bond donors (Lipinski definition) is 1. The van der Waals surface area contributed by atoms with Crippen LogP contribution in [0, 0.1) is 19.8 Å². The number of rotatable bonds is 5. The fourth-order valence-corrected chi connectivity index (χ4v) is 2.85. The summed E-state index contributed by atoms with van der Waals surface area (Å²) in [5, 5.41) is 7.16. The number of nitrogens with zero attached hydrogens (tertiary/aromatic N) is 4. The Morgan fingerprint density at radius 3 is 3.14 bits per heavy atom. The van der Waals surface area contributed by atoms with E-state index < -0.39 is 0 Å². The average molecular weight is 303 g/mol. The van der Waals surface area contributed by atoms with Crippen molar-refractivity contribution in [2.45, 2.75) is 33.1 Å². The van der Waals surface area contributed by atoms with Crippen LogP contribution in [0.15, 0.2) is 6.33 Å². The Morgan fingerprint density at radius 2 is 2.36 bits per heavy atom. The largest absolute Gasteiger partial charge is 0.381 e. The number of hydrogen-bond acceptors (Lipinski definition) is 5. The molecule has 22 heavy (non-hydrogen) atoms. The van der Waals surface area contributed by atoms with Crippen LogP contribution in [-0.4, -0.2) is 45.2 Å². The van der Waals surface area contributed by atoms with Crippen LogP contribution >= 0.6 is 0 Å². The van der Waals surface area contributed by atoms with Crippen molar-refractivity contribution in [3.8, 4) is 0 Å². The highest BCUT2D eigenvalue weighted by molar-refractivity contribution is 5.76. The van der Waals surface area contributed by atoms with Gasteiger partial charge >= 0.3 is 0 Å². The molecule has 0 spiro atoms. The maximum atomic E-state index is 12.0. The summed E-state index contributed by atoms with van der Waals surface area (Å²) in [6.07, 6.45) is 3.64. The van der Waals surface area contributed by atoms with Gasteiger partial charge in [0.2, 0.25) is 5.91 Å². The zero-order valence-electron chi connectivity index (χ0n) is 13.0. The first-order valence-corrected chi connectivity index (χ1v) is 7.65. The second-order valence-corrected chi connectivity index (χ2v) is 5.77. The van der Waals surface area contributed by atoms with Crippen molar-refractivity contribution in [1.29, 1.82) is 0 Å². The highest BCUT2D eigenvalue weighted by Crippen LogP contribution is 2.15. The van der Waals surface area contributed by atoms with Crippen molar-refractivity contribution in [2.75, 3.05) is 19.8 Å². The summed E-state index contributed by atoms with van der Waals surface area (Å²) in [4.78, 5) is 20.5. The van der Waals surface area contributed by atoms with Crippen LogP contribution in [0.1, 0.15) is 29.8 Å². The Balaban J connectivity index is 1.59. The molecule has 2 aromatic heterocycles. The molecular weight excluding hydrogens is 282 g/mol. The first kappa shape index (κ1) is 14.9. The fraction of sp³-hybridized carbons (Fsp3) is 0.600. The van der Waals surface area contributed by atoms with Gasteiger partial charge in [0.15, 0.2) is 0 Å². The monoisotopic (exact) mass is 303 g/mol. The zero-order chi connectivity index (χ0) is 15.5. The molecule has 1 amide bonds. The van der Waals surface area contributed by atoms with Crippen molar-refractivity contribution >= 4 is 11.7 Å². The number of ether oxygens (including phenoxy) is 1. The van der Waals surface area contributed by atoms with Crippen molar-refractivity contribution in [1.82, 2.24) is 24.9 Å². The number of aromatic nitrogens is 4. The standard InChI is InChI=1S/C15H21N5O2/c1-10-13(11(2)20-15(19-10)17-9-18-20)3-4-14(21)16-7-12-5-6-22-8-12/h9,12H,3-8H2,1-2H3,(H,16,21). The molecule has 1 unspecified atom stereocenters. The lowest BCUT2D eigenvalue weighted by molar-refractivity contribution is -0.121. The molecule has 1 fully saturated rings. The zero-order valence-corrected chi connectivity index (χ0v) is 13.0. The van der Waals surface area contributed by atoms with Gasteiger partial charge in [-0.2, -0.15) is 10.1 Å². The SMILES string of the molecule is Cc1nc2ncnn2c(C)c1CCC(=O)NCC1CCOC1. The molecule has 3 heterocycles. The first-order chi connectivity index (χ1) is 10.6. The van der Waals surface area contributed by atoms with E-state index >= 15 is 0 Å². The van der Waals surface area contributed by atoms with Crippen LogP contribution in [0.4, 0.5) is 0 Å². The second-order valence-electron chi connectivity index (χ2n) is 5.77. The Morgan fingerprint density at radius 1 is 1.50 bits per heavy atom. The molecule has 1 aliphatic rings. The lowest BCUT2D eigenvalue weighted by atomic mass is 10.1. The van der Waals surface area contributed by atoms with Gasteiger partial charge in [0.25, 0.3) is 5.78 Å². The van der Waals surface area contributed by atoms with Gasteiger partial charge in [-0.25, -0.2) is 9.50 Å². The lowest BCUT2D eigenvalue weighted by Crippen LogP contribution is -2.29. The van der Waals surface area contributed by atoms with E-state index in [1.807, 2.05) is 13.8 Å². The van der Waals surface area contributed by atoms with E-state index in [1.165, 1.54) is 6.33 Å². The molecule has 0 radical (unpaired) electrons. The number of nitrogens with one attached hydrogen (secondary N) is 1. The van der Waals surface area contributed by atoms with E-state index in [2.05, 4.69) is 20.4 Å². The van der Waals surface area contributed by atoms with E-state index in [-0.39, 0.29) is 5.91 Å². The molecule has 0 bridgehead atoms. The van der Waals surface area contributed by atoms with Gasteiger partial charge in [0.1, 0.15) is 6.33 Å². The molecule has 118 valence electrons. The van der Waals surface area contributed by atoms with Crippen LogP contribution < -0.4 is 5.32 Å². The summed E-state index contributed by atoms with van der Waals surface area (Å²) in [6, 6.07) is 0. The topological polar surface area (TPSA) is 81.4 Å². The Bertz CT molecular complexity index is 676. The minimum absolute atomic E-state index is 0.0735. The molecule has 0 aliphatic carbocycles. The summed E-state index contributed by atoms with van der Waals surface area (Å²) in [7, 11) is 0. The Hall–Kier alpha value is -2.02. The fourth-order valence-electron chi connectivity index (χ4n) is 2.85. The summed E-state index contributed by atoms with van der Waals surface area (Å²) in [5.41, 5.74) is 2.98. The summed E-state index contributed by atoms with van der Waals surface area (Å²) < 4.78 is 7.03. The molecule has 1 atom stereocenters. The summed E-state index contributed by atoms with van der Waals surface area (Å²) in [6.45, 7) is 6.20. The van der Waals surface area contributed by atoms with Gasteiger partial charge in [-0.3, -0.25) is 4.79 Å². The van der Waals surface area contributed by atoms with E-state index in [9.17, 15) is 4.79 Å². The van der Waals surface area contributed by atoms with Crippen LogP contribution in [0.25, 0.3) is 5.78 Å². The van der Waals surface area contributed by atoms with Gasteiger partial charge in [-0.15, -0.1) is 0 Å². The number of carbonyl (C=O) groups is 1. The van der Waals surface area contributed by atoms with E-state index in [1.54, 1.807) is 4.52 Å². The number of carbonyl (C=O) groups excluding carboxylic acids is 1. The molecule has 7 heteroatoms. The third kappa shape index (κ3) is 3.09. The van der Waals surface area contributed by atoms with E-state index in [4.69, 9.17) is 4.74 Å². The predicted molar refractivity (Wildman–Crippen MR) is 80.5 cm³/mol. The van der Waals surface area contributed by atoms with E-state index in [0.29, 0.717) is 31.1 Å². The van der Waals surface area contributed by atoms with Crippen molar-refractivity contribution in [3.63, 3.8) is 0 Å². The van der Waals surface area contributed by atoms with E-state index in [0.717, 1.165) is 36.6 Å². The number of fused-ring (bicyclic) bond motifs is 1. The Kier molecular flexibility index (Phi) is 4.33. The van der Waals surface area contributed by atoms with Crippen LogP contribution in [0.3, 0.4) is 0 Å². The Labute approximate surface area is 129 Å². The smallest absolute Gasteiger partial charge is 0.252 e. The minimum atomic E-state index is 0.0735. The normalized spacial score (nSPS) is 18.0. The third-order valence-electron chi connectivity index (χ3n) is 4.20.